The molecule has 0 spiro atoms. The van der Waals surface area contributed by atoms with Crippen LogP contribution in [-0.2, 0) is 0 Å². The van der Waals surface area contributed by atoms with Crippen LogP contribution in [0.5, 0.6) is 0 Å². The molecule has 18 heavy (non-hydrogen) atoms. The van der Waals surface area contributed by atoms with Crippen molar-refractivity contribution in [2.75, 3.05) is 0 Å². The van der Waals surface area contributed by atoms with E-state index < -0.39 is 11.5 Å². The van der Waals surface area contributed by atoms with Crippen molar-refractivity contribution in [3.8, 4) is 0 Å². The van der Waals surface area contributed by atoms with Gasteiger partial charge in [0.1, 0.15) is 5.76 Å². The van der Waals surface area contributed by atoms with Crippen molar-refractivity contribution in [2.45, 2.75) is 32.8 Å². The average molecular weight is 244 g/mol. The number of hydrogen-bond donors (Lipinski definition) is 2. The van der Waals surface area contributed by atoms with Gasteiger partial charge in [0.05, 0.1) is 11.5 Å². The monoisotopic (exact) mass is 244 g/mol. The van der Waals surface area contributed by atoms with E-state index in [0.717, 1.165) is 24.0 Å². The van der Waals surface area contributed by atoms with Gasteiger partial charge < -0.3 is 10.2 Å². The van der Waals surface area contributed by atoms with Crippen LogP contribution in [0.1, 0.15) is 32.3 Å². The quantitative estimate of drug-likeness (QED) is 0.851. The first kappa shape index (κ1) is 12.9. The number of rotatable bonds is 3. The number of aliphatic hydroxyl groups is 2. The summed E-state index contributed by atoms with van der Waals surface area (Å²) in [5.74, 6) is 0.314. The van der Waals surface area contributed by atoms with Crippen molar-refractivity contribution in [2.24, 2.45) is 5.41 Å². The Morgan fingerprint density at radius 1 is 1.11 bits per heavy atom. The van der Waals surface area contributed by atoms with Gasteiger partial charge in [0.2, 0.25) is 0 Å². The molecule has 2 rings (SSSR count). The predicted molar refractivity (Wildman–Crippen MR) is 74.2 cm³/mol. The minimum atomic E-state index is -0.611. The highest BCUT2D eigenvalue weighted by Crippen LogP contribution is 2.44. The second-order valence-electron chi connectivity index (χ2n) is 4.80. The van der Waals surface area contributed by atoms with Crippen molar-refractivity contribution >= 4 is 5.57 Å². The molecule has 0 radical (unpaired) electrons. The van der Waals surface area contributed by atoms with E-state index >= 15 is 0 Å². The second kappa shape index (κ2) is 4.99. The summed E-state index contributed by atoms with van der Waals surface area (Å²) in [5.41, 5.74) is 1.27. The van der Waals surface area contributed by atoms with Crippen LogP contribution in [0.15, 0.2) is 48.2 Å². The van der Waals surface area contributed by atoms with Gasteiger partial charge in [-0.25, -0.2) is 0 Å². The average Bonchev–Trinajstić information content (AvgIpc) is 2.41. The highest BCUT2D eigenvalue weighted by molar-refractivity contribution is 5.77. The smallest absolute Gasteiger partial charge is 0.109 e. The molecule has 1 aliphatic rings. The maximum atomic E-state index is 10.6. The van der Waals surface area contributed by atoms with Crippen LogP contribution in [0.25, 0.3) is 5.57 Å². The summed E-state index contributed by atoms with van der Waals surface area (Å²) in [6, 6.07) is 9.81. The van der Waals surface area contributed by atoms with E-state index in [2.05, 4.69) is 0 Å². The molecule has 2 N–H and O–H groups in total. The number of benzene rings is 1. The van der Waals surface area contributed by atoms with E-state index in [1.54, 1.807) is 6.08 Å². The Bertz CT molecular complexity index is 467. The molecule has 0 saturated carbocycles. The highest BCUT2D eigenvalue weighted by atomic mass is 16.3. The zero-order valence-corrected chi connectivity index (χ0v) is 10.9. The molecule has 0 fully saturated rings. The van der Waals surface area contributed by atoms with E-state index in [1.165, 1.54) is 0 Å². The molecule has 1 atom stereocenters. The number of hydrogen-bond acceptors (Lipinski definition) is 2. The van der Waals surface area contributed by atoms with E-state index in [1.807, 2.05) is 50.3 Å². The molecular weight excluding hydrogens is 224 g/mol. The lowest BCUT2D eigenvalue weighted by atomic mass is 9.70. The van der Waals surface area contributed by atoms with Gasteiger partial charge in [-0.05, 0) is 18.4 Å². The fraction of sp³-hybridized carbons (Fsp3) is 0.375. The van der Waals surface area contributed by atoms with Crippen LogP contribution in [-0.4, -0.2) is 16.3 Å². The minimum Gasteiger partial charge on any atom is -0.511 e. The summed E-state index contributed by atoms with van der Waals surface area (Å²) in [4.78, 5) is 0. The first-order valence-electron chi connectivity index (χ1n) is 6.51. The fourth-order valence-electron chi connectivity index (χ4n) is 2.71. The third-order valence-electron chi connectivity index (χ3n) is 4.08. The van der Waals surface area contributed by atoms with E-state index in [9.17, 15) is 10.2 Å². The summed E-state index contributed by atoms with van der Waals surface area (Å²) in [5, 5.41) is 20.7. The third kappa shape index (κ3) is 1.87. The van der Waals surface area contributed by atoms with Crippen molar-refractivity contribution in [1.82, 2.24) is 0 Å². The maximum absolute atomic E-state index is 10.6. The molecule has 0 heterocycles. The Morgan fingerprint density at radius 2 is 1.72 bits per heavy atom. The normalized spacial score (nSPS) is 22.3. The Hall–Kier alpha value is -1.54. The van der Waals surface area contributed by atoms with Crippen molar-refractivity contribution in [3.05, 3.63) is 53.8 Å². The van der Waals surface area contributed by atoms with Crippen LogP contribution in [0.2, 0.25) is 0 Å². The molecule has 0 saturated heterocycles. The van der Waals surface area contributed by atoms with Crippen molar-refractivity contribution in [3.63, 3.8) is 0 Å². The second-order valence-corrected chi connectivity index (χ2v) is 4.80. The molecule has 96 valence electrons. The minimum absolute atomic E-state index is 0.314. The largest absolute Gasteiger partial charge is 0.511 e. The van der Waals surface area contributed by atoms with Crippen LogP contribution >= 0.6 is 0 Å². The SMILES string of the molecule is CCC1(CC)C(O)=C(c2ccccc2)C=CC1O. The molecule has 1 aromatic carbocycles. The lowest BCUT2D eigenvalue weighted by Crippen LogP contribution is -2.37. The van der Waals surface area contributed by atoms with Crippen LogP contribution < -0.4 is 0 Å². The van der Waals surface area contributed by atoms with Gasteiger partial charge in [0, 0.05) is 5.57 Å². The van der Waals surface area contributed by atoms with Gasteiger partial charge in [-0.15, -0.1) is 0 Å². The lowest BCUT2D eigenvalue weighted by molar-refractivity contribution is 0.0472. The molecule has 1 aliphatic carbocycles. The Kier molecular flexibility index (Phi) is 3.58. The maximum Gasteiger partial charge on any atom is 0.109 e. The van der Waals surface area contributed by atoms with Gasteiger partial charge in [-0.3, -0.25) is 0 Å². The first-order chi connectivity index (χ1) is 8.65. The van der Waals surface area contributed by atoms with Crippen LogP contribution in [0, 0.1) is 5.41 Å². The number of allylic oxidation sites excluding steroid dienone is 2. The Balaban J connectivity index is 2.54. The Morgan fingerprint density at radius 3 is 2.28 bits per heavy atom. The van der Waals surface area contributed by atoms with E-state index in [4.69, 9.17) is 0 Å². The molecule has 2 nitrogen and oxygen atoms in total. The topological polar surface area (TPSA) is 40.5 Å². The molecule has 2 heteroatoms. The standard InChI is InChI=1S/C16H20O2/c1-3-16(4-2)14(17)11-10-13(15(16)18)12-8-6-5-7-9-12/h5-11,14,17-18H,3-4H2,1-2H3. The van der Waals surface area contributed by atoms with Gasteiger partial charge in [-0.1, -0.05) is 56.3 Å². The molecular formula is C16H20O2. The van der Waals surface area contributed by atoms with Gasteiger partial charge >= 0.3 is 0 Å². The molecule has 0 bridgehead atoms. The highest BCUT2D eigenvalue weighted by Gasteiger charge is 2.41. The molecule has 0 aliphatic heterocycles. The van der Waals surface area contributed by atoms with Crippen LogP contribution in [0.4, 0.5) is 0 Å². The zero-order valence-electron chi connectivity index (χ0n) is 10.9. The van der Waals surface area contributed by atoms with Crippen LogP contribution in [0.3, 0.4) is 0 Å². The van der Waals surface area contributed by atoms with Crippen molar-refractivity contribution < 1.29 is 10.2 Å². The summed E-state index contributed by atoms with van der Waals surface area (Å²) in [6.45, 7) is 4.01. The summed E-state index contributed by atoms with van der Waals surface area (Å²) in [7, 11) is 0. The summed E-state index contributed by atoms with van der Waals surface area (Å²) in [6.07, 6.45) is 4.43. The fourth-order valence-corrected chi connectivity index (χ4v) is 2.71. The first-order valence-corrected chi connectivity index (χ1v) is 6.51. The third-order valence-corrected chi connectivity index (χ3v) is 4.08. The number of aliphatic hydroxyl groups excluding tert-OH is 2. The molecule has 0 amide bonds. The van der Waals surface area contributed by atoms with Gasteiger partial charge in [0.15, 0.2) is 0 Å². The summed E-state index contributed by atoms with van der Waals surface area (Å²) >= 11 is 0. The zero-order chi connectivity index (χ0) is 13.2. The Labute approximate surface area is 108 Å². The van der Waals surface area contributed by atoms with E-state index in [0.29, 0.717) is 5.76 Å². The van der Waals surface area contributed by atoms with Crippen molar-refractivity contribution in [1.29, 1.82) is 0 Å². The predicted octanol–water partition coefficient (Wildman–Crippen LogP) is 3.69. The molecule has 1 aromatic rings. The van der Waals surface area contributed by atoms with Gasteiger partial charge in [-0.2, -0.15) is 0 Å². The summed E-state index contributed by atoms with van der Waals surface area (Å²) < 4.78 is 0. The lowest BCUT2D eigenvalue weighted by Gasteiger charge is -2.38. The molecule has 1 unspecified atom stereocenters. The molecule has 0 aromatic heterocycles. The van der Waals surface area contributed by atoms with Gasteiger partial charge in [0.25, 0.3) is 0 Å². The van der Waals surface area contributed by atoms with E-state index in [-0.39, 0.29) is 0 Å².